The first kappa shape index (κ1) is 17.1. The van der Waals surface area contributed by atoms with E-state index in [9.17, 15) is 8.42 Å². The number of nitrogens with zero attached hydrogens (tertiary/aromatic N) is 3. The summed E-state index contributed by atoms with van der Waals surface area (Å²) in [6.07, 6.45) is 3.49. The average molecular weight is 349 g/mol. The molecule has 1 aromatic carbocycles. The summed E-state index contributed by atoms with van der Waals surface area (Å²) < 4.78 is 33.7. The van der Waals surface area contributed by atoms with Gasteiger partial charge in [0.25, 0.3) is 0 Å². The van der Waals surface area contributed by atoms with Crippen LogP contribution in [0.3, 0.4) is 0 Å². The van der Waals surface area contributed by atoms with Gasteiger partial charge in [-0.1, -0.05) is 30.5 Å². The van der Waals surface area contributed by atoms with E-state index in [1.54, 1.807) is 17.3 Å². The third-order valence-corrected chi connectivity index (χ3v) is 6.52. The number of aromatic nitrogens is 2. The highest BCUT2D eigenvalue weighted by molar-refractivity contribution is 7.89. The van der Waals surface area contributed by atoms with Crippen LogP contribution < -0.4 is 0 Å². The maximum absolute atomic E-state index is 13.3. The molecule has 0 radical (unpaired) electrons. The highest BCUT2D eigenvalue weighted by Crippen LogP contribution is 2.34. The average Bonchev–Trinajstić information content (AvgIpc) is 2.80. The van der Waals surface area contributed by atoms with Gasteiger partial charge in [0.1, 0.15) is 6.04 Å². The molecule has 0 saturated carbocycles. The molecule has 1 aliphatic rings. The van der Waals surface area contributed by atoms with Crippen molar-refractivity contribution in [2.24, 2.45) is 0 Å². The maximum Gasteiger partial charge on any atom is 0.244 e. The van der Waals surface area contributed by atoms with Crippen LogP contribution in [0.15, 0.2) is 27.5 Å². The van der Waals surface area contributed by atoms with Gasteiger partial charge in [-0.3, -0.25) is 0 Å². The standard InChI is InChI=1S/C17H23N3O3S/c1-12-8-9-16(13(2)11-12)24(21,22)20-10-6-4-5-7-15(20)17-19-18-14(3)23-17/h8-9,11,15H,4-7,10H2,1-3H3. The Hall–Kier alpha value is -1.73. The summed E-state index contributed by atoms with van der Waals surface area (Å²) in [5.74, 6) is 0.848. The number of benzene rings is 1. The highest BCUT2D eigenvalue weighted by Gasteiger charge is 2.36. The first-order valence-corrected chi connectivity index (χ1v) is 9.72. The Morgan fingerprint density at radius 1 is 1.12 bits per heavy atom. The van der Waals surface area contributed by atoms with Gasteiger partial charge in [-0.2, -0.15) is 4.31 Å². The fourth-order valence-corrected chi connectivity index (χ4v) is 5.14. The van der Waals surface area contributed by atoms with Crippen molar-refractivity contribution in [1.82, 2.24) is 14.5 Å². The van der Waals surface area contributed by atoms with E-state index in [0.717, 1.165) is 30.4 Å². The van der Waals surface area contributed by atoms with E-state index in [1.807, 2.05) is 26.0 Å². The molecule has 1 atom stereocenters. The van der Waals surface area contributed by atoms with Crippen LogP contribution in [0.2, 0.25) is 0 Å². The maximum atomic E-state index is 13.3. The van der Waals surface area contributed by atoms with Crippen LogP contribution in [0.1, 0.15) is 54.6 Å². The van der Waals surface area contributed by atoms with Crippen LogP contribution in [0.5, 0.6) is 0 Å². The van der Waals surface area contributed by atoms with Crippen LogP contribution in [0, 0.1) is 20.8 Å². The van der Waals surface area contributed by atoms with E-state index < -0.39 is 10.0 Å². The van der Waals surface area contributed by atoms with E-state index in [4.69, 9.17) is 4.42 Å². The molecule has 1 unspecified atom stereocenters. The summed E-state index contributed by atoms with van der Waals surface area (Å²) in [6, 6.07) is 5.04. The van der Waals surface area contributed by atoms with Crippen molar-refractivity contribution in [2.45, 2.75) is 57.4 Å². The summed E-state index contributed by atoms with van der Waals surface area (Å²) >= 11 is 0. The van der Waals surface area contributed by atoms with Gasteiger partial charge in [0.05, 0.1) is 4.90 Å². The SMILES string of the molecule is Cc1ccc(S(=O)(=O)N2CCCCCC2c2nnc(C)o2)c(C)c1. The van der Waals surface area contributed by atoms with Crippen molar-refractivity contribution in [3.63, 3.8) is 0 Å². The molecule has 0 amide bonds. The Kier molecular flexibility index (Phi) is 4.73. The molecule has 24 heavy (non-hydrogen) atoms. The van der Waals surface area contributed by atoms with E-state index in [0.29, 0.717) is 29.6 Å². The first-order valence-electron chi connectivity index (χ1n) is 8.28. The van der Waals surface area contributed by atoms with E-state index in [1.165, 1.54) is 0 Å². The Morgan fingerprint density at radius 3 is 2.58 bits per heavy atom. The number of sulfonamides is 1. The lowest BCUT2D eigenvalue weighted by Crippen LogP contribution is -2.35. The van der Waals surface area contributed by atoms with Gasteiger partial charge in [0.15, 0.2) is 0 Å². The summed E-state index contributed by atoms with van der Waals surface area (Å²) in [4.78, 5) is 0.358. The van der Waals surface area contributed by atoms with Crippen molar-refractivity contribution in [3.05, 3.63) is 41.1 Å². The predicted molar refractivity (Wildman–Crippen MR) is 90.1 cm³/mol. The van der Waals surface area contributed by atoms with Gasteiger partial charge in [0.2, 0.25) is 21.8 Å². The van der Waals surface area contributed by atoms with Crippen molar-refractivity contribution in [1.29, 1.82) is 0 Å². The number of aryl methyl sites for hydroxylation is 3. The minimum Gasteiger partial charge on any atom is -0.424 e. The van der Waals surface area contributed by atoms with Crippen LogP contribution in [0.4, 0.5) is 0 Å². The molecular formula is C17H23N3O3S. The zero-order chi connectivity index (χ0) is 17.3. The Bertz CT molecular complexity index is 829. The van der Waals surface area contributed by atoms with Crippen LogP contribution in [0.25, 0.3) is 0 Å². The molecule has 0 spiro atoms. The van der Waals surface area contributed by atoms with Gasteiger partial charge in [-0.25, -0.2) is 8.42 Å². The second-order valence-corrected chi connectivity index (χ2v) is 8.27. The van der Waals surface area contributed by atoms with Crippen LogP contribution in [-0.2, 0) is 10.0 Å². The molecule has 1 saturated heterocycles. The molecule has 1 fully saturated rings. The molecule has 1 aliphatic heterocycles. The monoisotopic (exact) mass is 349 g/mol. The third-order valence-electron chi connectivity index (χ3n) is 4.45. The Balaban J connectivity index is 2.04. The largest absolute Gasteiger partial charge is 0.424 e. The van der Waals surface area contributed by atoms with Crippen LogP contribution in [-0.4, -0.2) is 29.5 Å². The molecule has 7 heteroatoms. The van der Waals surface area contributed by atoms with Gasteiger partial charge < -0.3 is 4.42 Å². The summed E-state index contributed by atoms with van der Waals surface area (Å²) in [6.45, 7) is 5.99. The molecule has 3 rings (SSSR count). The molecule has 0 bridgehead atoms. The Labute approximate surface area is 142 Å². The summed E-state index contributed by atoms with van der Waals surface area (Å²) in [5, 5.41) is 7.95. The lowest BCUT2D eigenvalue weighted by atomic mass is 10.1. The molecule has 2 heterocycles. The zero-order valence-corrected chi connectivity index (χ0v) is 15.1. The predicted octanol–water partition coefficient (Wildman–Crippen LogP) is 3.30. The second kappa shape index (κ2) is 6.64. The molecular weight excluding hydrogens is 326 g/mol. The highest BCUT2D eigenvalue weighted by atomic mass is 32.2. The fourth-order valence-electron chi connectivity index (χ4n) is 3.28. The summed E-state index contributed by atoms with van der Waals surface area (Å²) in [7, 11) is -3.62. The van der Waals surface area contributed by atoms with E-state index in [-0.39, 0.29) is 6.04 Å². The van der Waals surface area contributed by atoms with Crippen molar-refractivity contribution in [2.75, 3.05) is 6.54 Å². The summed E-state index contributed by atoms with van der Waals surface area (Å²) in [5.41, 5.74) is 1.81. The Morgan fingerprint density at radius 2 is 1.92 bits per heavy atom. The van der Waals surface area contributed by atoms with Crippen molar-refractivity contribution >= 4 is 10.0 Å². The van der Waals surface area contributed by atoms with Gasteiger partial charge in [-0.15, -0.1) is 10.2 Å². The fraction of sp³-hybridized carbons (Fsp3) is 0.529. The first-order chi connectivity index (χ1) is 11.4. The second-order valence-electron chi connectivity index (χ2n) is 6.41. The van der Waals surface area contributed by atoms with Crippen molar-refractivity contribution in [3.8, 4) is 0 Å². The zero-order valence-electron chi connectivity index (χ0n) is 14.3. The van der Waals surface area contributed by atoms with Gasteiger partial charge >= 0.3 is 0 Å². The minimum atomic E-state index is -3.62. The van der Waals surface area contributed by atoms with E-state index >= 15 is 0 Å². The van der Waals surface area contributed by atoms with Gasteiger partial charge in [-0.05, 0) is 38.3 Å². The quantitative estimate of drug-likeness (QED) is 0.850. The molecule has 0 N–H and O–H groups in total. The van der Waals surface area contributed by atoms with Gasteiger partial charge in [0, 0.05) is 13.5 Å². The molecule has 1 aromatic heterocycles. The lowest BCUT2D eigenvalue weighted by molar-refractivity contribution is 0.273. The lowest BCUT2D eigenvalue weighted by Gasteiger charge is -2.27. The number of hydrogen-bond acceptors (Lipinski definition) is 5. The van der Waals surface area contributed by atoms with E-state index in [2.05, 4.69) is 10.2 Å². The minimum absolute atomic E-state index is 0.358. The molecule has 2 aromatic rings. The number of rotatable bonds is 3. The third kappa shape index (κ3) is 3.23. The smallest absolute Gasteiger partial charge is 0.244 e. The van der Waals surface area contributed by atoms with Crippen molar-refractivity contribution < 1.29 is 12.8 Å². The van der Waals surface area contributed by atoms with Crippen LogP contribution >= 0.6 is 0 Å². The topological polar surface area (TPSA) is 76.3 Å². The normalized spacial score (nSPS) is 20.0. The number of hydrogen-bond donors (Lipinski definition) is 0. The molecule has 6 nitrogen and oxygen atoms in total. The molecule has 0 aliphatic carbocycles. The molecule has 130 valence electrons.